The topological polar surface area (TPSA) is 79.8 Å². The molecule has 128 valence electrons. The monoisotopic (exact) mass is 353 g/mol. The van der Waals surface area contributed by atoms with E-state index in [4.69, 9.17) is 0 Å². The van der Waals surface area contributed by atoms with Crippen LogP contribution in [0.3, 0.4) is 0 Å². The Morgan fingerprint density at radius 1 is 0.960 bits per heavy atom. The molecular formula is C18H19N5OS. The second-order valence-corrected chi connectivity index (χ2v) is 7.53. The Kier molecular flexibility index (Phi) is 4.76. The van der Waals surface area contributed by atoms with E-state index in [0.29, 0.717) is 5.13 Å². The molecule has 1 aromatic carbocycles. The molecule has 0 aliphatic carbocycles. The number of aromatic nitrogens is 3. The predicted octanol–water partition coefficient (Wildman–Crippen LogP) is 4.54. The molecule has 0 unspecified atom stereocenters. The van der Waals surface area contributed by atoms with Crippen LogP contribution in [0.1, 0.15) is 26.3 Å². The number of hydrogen-bond acceptors (Lipinski definition) is 5. The molecule has 2 amide bonds. The van der Waals surface area contributed by atoms with Gasteiger partial charge in [-0.2, -0.15) is 0 Å². The summed E-state index contributed by atoms with van der Waals surface area (Å²) in [5.41, 5.74) is 2.93. The Morgan fingerprint density at radius 2 is 1.64 bits per heavy atom. The van der Waals surface area contributed by atoms with Gasteiger partial charge in [-0.15, -0.1) is 10.2 Å². The van der Waals surface area contributed by atoms with Crippen LogP contribution in [0, 0.1) is 0 Å². The fourth-order valence-corrected chi connectivity index (χ4v) is 2.94. The van der Waals surface area contributed by atoms with Crippen molar-refractivity contribution in [2.45, 2.75) is 26.2 Å². The summed E-state index contributed by atoms with van der Waals surface area (Å²) in [6.07, 6.45) is 3.38. The summed E-state index contributed by atoms with van der Waals surface area (Å²) in [4.78, 5) is 16.1. The summed E-state index contributed by atoms with van der Waals surface area (Å²) >= 11 is 1.31. The summed E-state index contributed by atoms with van der Waals surface area (Å²) in [5, 5.41) is 14.8. The molecule has 0 fully saturated rings. The van der Waals surface area contributed by atoms with Gasteiger partial charge >= 0.3 is 6.03 Å². The Balaban J connectivity index is 1.62. The van der Waals surface area contributed by atoms with E-state index in [1.54, 1.807) is 12.4 Å². The van der Waals surface area contributed by atoms with E-state index in [2.05, 4.69) is 46.6 Å². The highest BCUT2D eigenvalue weighted by atomic mass is 32.1. The van der Waals surface area contributed by atoms with Crippen LogP contribution >= 0.6 is 11.3 Å². The van der Waals surface area contributed by atoms with Crippen molar-refractivity contribution in [2.24, 2.45) is 0 Å². The first kappa shape index (κ1) is 17.0. The van der Waals surface area contributed by atoms with Gasteiger partial charge in [-0.1, -0.05) is 44.2 Å². The van der Waals surface area contributed by atoms with Gasteiger partial charge in [-0.25, -0.2) is 4.79 Å². The molecule has 0 saturated carbocycles. The normalized spacial score (nSPS) is 11.2. The van der Waals surface area contributed by atoms with Crippen LogP contribution in [0.15, 0.2) is 48.8 Å². The van der Waals surface area contributed by atoms with Crippen molar-refractivity contribution in [3.63, 3.8) is 0 Å². The summed E-state index contributed by atoms with van der Waals surface area (Å²) in [7, 11) is 0. The number of carbonyl (C=O) groups is 1. The van der Waals surface area contributed by atoms with Gasteiger partial charge in [0.15, 0.2) is 0 Å². The quantitative estimate of drug-likeness (QED) is 0.724. The number of carbonyl (C=O) groups excluding carboxylic acids is 1. The maximum Gasteiger partial charge on any atom is 0.325 e. The second-order valence-electron chi connectivity index (χ2n) is 6.55. The SMILES string of the molecule is CC(C)(C)c1ccc(NC(=O)Nc2nnc(-c3ccncc3)s2)cc1. The molecule has 2 heterocycles. The molecule has 0 spiro atoms. The summed E-state index contributed by atoms with van der Waals surface area (Å²) < 4.78 is 0. The van der Waals surface area contributed by atoms with Gasteiger partial charge in [0, 0.05) is 23.6 Å². The Bertz CT molecular complexity index is 853. The molecule has 0 aliphatic rings. The average molecular weight is 353 g/mol. The van der Waals surface area contributed by atoms with Crippen LogP contribution in [0.25, 0.3) is 10.6 Å². The van der Waals surface area contributed by atoms with Crippen LogP contribution in [-0.2, 0) is 5.41 Å². The molecule has 0 saturated heterocycles. The van der Waals surface area contributed by atoms with E-state index >= 15 is 0 Å². The van der Waals surface area contributed by atoms with E-state index in [0.717, 1.165) is 16.3 Å². The summed E-state index contributed by atoms with van der Waals surface area (Å²) in [6.45, 7) is 6.45. The van der Waals surface area contributed by atoms with Crippen molar-refractivity contribution < 1.29 is 4.79 Å². The van der Waals surface area contributed by atoms with Crippen molar-refractivity contribution >= 4 is 28.2 Å². The number of benzene rings is 1. The predicted molar refractivity (Wildman–Crippen MR) is 101 cm³/mol. The Labute approximate surface area is 150 Å². The van der Waals surface area contributed by atoms with Gasteiger partial charge in [0.05, 0.1) is 0 Å². The molecule has 2 aromatic heterocycles. The molecule has 0 atom stereocenters. The largest absolute Gasteiger partial charge is 0.325 e. The van der Waals surface area contributed by atoms with Gasteiger partial charge < -0.3 is 5.32 Å². The fraction of sp³-hybridized carbons (Fsp3) is 0.222. The smallest absolute Gasteiger partial charge is 0.308 e. The lowest BCUT2D eigenvalue weighted by Gasteiger charge is -2.19. The molecule has 0 radical (unpaired) electrons. The van der Waals surface area contributed by atoms with E-state index in [-0.39, 0.29) is 11.4 Å². The van der Waals surface area contributed by atoms with Crippen molar-refractivity contribution in [3.8, 4) is 10.6 Å². The van der Waals surface area contributed by atoms with Crippen molar-refractivity contribution in [1.82, 2.24) is 15.2 Å². The average Bonchev–Trinajstić information content (AvgIpc) is 3.03. The molecule has 0 bridgehead atoms. The maximum absolute atomic E-state index is 12.1. The third-order valence-corrected chi connectivity index (χ3v) is 4.47. The van der Waals surface area contributed by atoms with Crippen LogP contribution in [0.2, 0.25) is 0 Å². The number of pyridine rings is 1. The molecular weight excluding hydrogens is 334 g/mol. The standard InChI is InChI=1S/C18H19N5OS/c1-18(2,3)13-4-6-14(7-5-13)20-16(24)21-17-23-22-15(25-17)12-8-10-19-11-9-12/h4-11H,1-3H3,(H2,20,21,23,24). The van der Waals surface area contributed by atoms with Gasteiger partial charge in [0.1, 0.15) is 5.01 Å². The fourth-order valence-electron chi connectivity index (χ4n) is 2.20. The zero-order valence-corrected chi connectivity index (χ0v) is 15.1. The van der Waals surface area contributed by atoms with E-state index < -0.39 is 0 Å². The van der Waals surface area contributed by atoms with E-state index in [9.17, 15) is 4.79 Å². The number of nitrogens with one attached hydrogen (secondary N) is 2. The van der Waals surface area contributed by atoms with Gasteiger partial charge in [-0.05, 0) is 35.2 Å². The van der Waals surface area contributed by atoms with Crippen molar-refractivity contribution in [1.29, 1.82) is 0 Å². The van der Waals surface area contributed by atoms with E-state index in [1.807, 2.05) is 36.4 Å². The number of nitrogens with zero attached hydrogens (tertiary/aromatic N) is 3. The number of urea groups is 1. The van der Waals surface area contributed by atoms with Gasteiger partial charge in [-0.3, -0.25) is 10.3 Å². The van der Waals surface area contributed by atoms with Crippen molar-refractivity contribution in [2.75, 3.05) is 10.6 Å². The number of rotatable bonds is 3. The molecule has 3 aromatic rings. The van der Waals surface area contributed by atoms with Crippen LogP contribution < -0.4 is 10.6 Å². The highest BCUT2D eigenvalue weighted by Crippen LogP contribution is 2.26. The zero-order chi connectivity index (χ0) is 17.9. The highest BCUT2D eigenvalue weighted by Gasteiger charge is 2.14. The highest BCUT2D eigenvalue weighted by molar-refractivity contribution is 7.18. The lowest BCUT2D eigenvalue weighted by Crippen LogP contribution is -2.19. The third-order valence-electron chi connectivity index (χ3n) is 3.58. The van der Waals surface area contributed by atoms with Crippen LogP contribution in [0.5, 0.6) is 0 Å². The lowest BCUT2D eigenvalue weighted by molar-refractivity contribution is 0.262. The molecule has 25 heavy (non-hydrogen) atoms. The molecule has 6 nitrogen and oxygen atoms in total. The first-order chi connectivity index (χ1) is 11.9. The van der Waals surface area contributed by atoms with E-state index in [1.165, 1.54) is 16.9 Å². The second kappa shape index (κ2) is 6.98. The van der Waals surface area contributed by atoms with Gasteiger partial charge in [0.25, 0.3) is 0 Å². The molecule has 7 heteroatoms. The third kappa shape index (κ3) is 4.39. The van der Waals surface area contributed by atoms with Crippen LogP contribution in [0.4, 0.5) is 15.6 Å². The minimum atomic E-state index is -0.346. The Hall–Kier alpha value is -2.80. The van der Waals surface area contributed by atoms with Gasteiger partial charge in [0.2, 0.25) is 5.13 Å². The molecule has 3 rings (SSSR count). The van der Waals surface area contributed by atoms with Crippen molar-refractivity contribution in [3.05, 3.63) is 54.4 Å². The Morgan fingerprint density at radius 3 is 2.28 bits per heavy atom. The zero-order valence-electron chi connectivity index (χ0n) is 14.3. The van der Waals surface area contributed by atoms with Crippen LogP contribution in [-0.4, -0.2) is 21.2 Å². The number of anilines is 2. The maximum atomic E-state index is 12.1. The lowest BCUT2D eigenvalue weighted by atomic mass is 9.87. The summed E-state index contributed by atoms with van der Waals surface area (Å²) in [6, 6.07) is 11.2. The molecule has 2 N–H and O–H groups in total. The number of hydrogen-bond donors (Lipinski definition) is 2. The molecule has 0 aliphatic heterocycles. The first-order valence-electron chi connectivity index (χ1n) is 7.84. The minimum Gasteiger partial charge on any atom is -0.308 e. The first-order valence-corrected chi connectivity index (χ1v) is 8.66. The minimum absolute atomic E-state index is 0.0801. The summed E-state index contributed by atoms with van der Waals surface area (Å²) in [5.74, 6) is 0. The number of amides is 2.